The van der Waals surface area contributed by atoms with Crippen LogP contribution in [0.15, 0.2) is 231 Å². The summed E-state index contributed by atoms with van der Waals surface area (Å²) in [5.41, 5.74) is 18.0. The van der Waals surface area contributed by atoms with Gasteiger partial charge in [-0.2, -0.15) is 0 Å². The Bertz CT molecular complexity index is 3230. The van der Waals surface area contributed by atoms with Gasteiger partial charge in [0.05, 0.1) is 5.69 Å². The molecule has 11 rings (SSSR count). The van der Waals surface area contributed by atoms with Crippen molar-refractivity contribution in [3.8, 4) is 78.7 Å². The van der Waals surface area contributed by atoms with Crippen LogP contribution in [0.2, 0.25) is 0 Å². The molecule has 0 saturated heterocycles. The van der Waals surface area contributed by atoms with Gasteiger partial charge in [-0.1, -0.05) is 214 Å². The molecule has 1 aromatic heterocycles. The average Bonchev–Trinajstić information content (AvgIpc) is 3.61. The van der Waals surface area contributed by atoms with Gasteiger partial charge < -0.3 is 4.90 Å². The molecule has 0 saturated carbocycles. The summed E-state index contributed by atoms with van der Waals surface area (Å²) in [6.07, 6.45) is 0. The second-order valence-corrected chi connectivity index (χ2v) is 16.8. The Balaban J connectivity index is 1.09. The van der Waals surface area contributed by atoms with Crippen molar-refractivity contribution in [3.63, 3.8) is 0 Å². The molecule has 4 heteroatoms. The van der Waals surface area contributed by atoms with E-state index in [0.29, 0.717) is 17.5 Å². The fraction of sp³-hybridized carbons (Fsp3) is 0.0500. The van der Waals surface area contributed by atoms with Crippen LogP contribution in [-0.4, -0.2) is 15.0 Å². The maximum atomic E-state index is 5.18. The quantitative estimate of drug-likeness (QED) is 0.145. The SMILES string of the molecule is CC1(C)c2ccccc2-c2c(-c3cccc(N(c4ccc(-c5ccccc5)cc4)c4ccccc4-c4ccccc4-c4nc(-c5ccccc5)nc(-c5ccccc5)n4)c3)cccc21. The van der Waals surface area contributed by atoms with Crippen molar-refractivity contribution in [2.45, 2.75) is 19.3 Å². The number of aromatic nitrogens is 3. The standard InChI is InChI=1S/C60H44N4/c1-60(2)53-33-16-14-31-52(53)56-48(32-19-34-54(56)60)45-26-18-27-47(40-45)64(46-38-36-42(37-39-46)41-20-6-3-7-21-41)55-35-17-15-29-50(55)49-28-12-13-30-51(49)59-62-57(43-22-8-4-9-23-43)61-58(63-59)44-24-10-5-11-25-44/h3-40H,1-2H3. The van der Waals surface area contributed by atoms with Crippen molar-refractivity contribution in [2.24, 2.45) is 0 Å². The third kappa shape index (κ3) is 6.96. The van der Waals surface area contributed by atoms with Gasteiger partial charge >= 0.3 is 0 Å². The molecular weight excluding hydrogens is 777 g/mol. The minimum Gasteiger partial charge on any atom is -0.310 e. The van der Waals surface area contributed by atoms with Gasteiger partial charge in [-0.15, -0.1) is 0 Å². The highest BCUT2D eigenvalue weighted by atomic mass is 15.1. The Morgan fingerprint density at radius 3 is 1.45 bits per heavy atom. The highest BCUT2D eigenvalue weighted by Crippen LogP contribution is 2.52. The molecule has 1 aliphatic rings. The molecule has 0 N–H and O–H groups in total. The van der Waals surface area contributed by atoms with Crippen LogP contribution in [0.25, 0.3) is 78.7 Å². The number of hydrogen-bond donors (Lipinski definition) is 0. The van der Waals surface area contributed by atoms with E-state index >= 15 is 0 Å². The van der Waals surface area contributed by atoms with Gasteiger partial charge in [0.2, 0.25) is 0 Å². The molecule has 0 aliphatic heterocycles. The van der Waals surface area contributed by atoms with E-state index < -0.39 is 0 Å². The van der Waals surface area contributed by atoms with Crippen LogP contribution in [-0.2, 0) is 5.41 Å². The van der Waals surface area contributed by atoms with Crippen LogP contribution in [0, 0.1) is 0 Å². The largest absolute Gasteiger partial charge is 0.310 e. The van der Waals surface area contributed by atoms with Crippen molar-refractivity contribution in [2.75, 3.05) is 4.90 Å². The molecule has 0 atom stereocenters. The number of para-hydroxylation sites is 1. The van der Waals surface area contributed by atoms with E-state index in [1.54, 1.807) is 0 Å². The number of anilines is 3. The zero-order valence-electron chi connectivity index (χ0n) is 35.7. The van der Waals surface area contributed by atoms with E-state index in [9.17, 15) is 0 Å². The summed E-state index contributed by atoms with van der Waals surface area (Å²) in [5, 5.41) is 0. The average molecular weight is 821 g/mol. The lowest BCUT2D eigenvalue weighted by atomic mass is 9.82. The predicted octanol–water partition coefficient (Wildman–Crippen LogP) is 15.6. The number of benzene rings is 9. The highest BCUT2D eigenvalue weighted by Gasteiger charge is 2.36. The monoisotopic (exact) mass is 820 g/mol. The molecule has 10 aromatic rings. The van der Waals surface area contributed by atoms with Gasteiger partial charge in [-0.25, -0.2) is 15.0 Å². The molecule has 0 bridgehead atoms. The summed E-state index contributed by atoms with van der Waals surface area (Å²) in [4.78, 5) is 17.8. The van der Waals surface area contributed by atoms with Crippen molar-refractivity contribution in [1.82, 2.24) is 15.0 Å². The van der Waals surface area contributed by atoms with E-state index in [2.05, 4.69) is 189 Å². The third-order valence-electron chi connectivity index (χ3n) is 12.6. The number of hydrogen-bond acceptors (Lipinski definition) is 4. The summed E-state index contributed by atoms with van der Waals surface area (Å²) < 4.78 is 0. The van der Waals surface area contributed by atoms with Gasteiger partial charge in [-0.3, -0.25) is 0 Å². The van der Waals surface area contributed by atoms with Gasteiger partial charge in [-0.05, 0) is 80.4 Å². The molecule has 0 amide bonds. The molecule has 9 aromatic carbocycles. The zero-order valence-corrected chi connectivity index (χ0v) is 35.7. The molecule has 64 heavy (non-hydrogen) atoms. The molecule has 1 aliphatic carbocycles. The van der Waals surface area contributed by atoms with Crippen LogP contribution in [0.5, 0.6) is 0 Å². The van der Waals surface area contributed by atoms with E-state index in [1.165, 1.54) is 33.4 Å². The lowest BCUT2D eigenvalue weighted by Crippen LogP contribution is -2.14. The van der Waals surface area contributed by atoms with E-state index in [0.717, 1.165) is 56.0 Å². The molecule has 0 fully saturated rings. The molecule has 0 spiro atoms. The first-order valence-electron chi connectivity index (χ1n) is 21.9. The molecule has 4 nitrogen and oxygen atoms in total. The van der Waals surface area contributed by atoms with E-state index in [4.69, 9.17) is 15.0 Å². The maximum absolute atomic E-state index is 5.18. The van der Waals surface area contributed by atoms with Gasteiger partial charge in [0, 0.05) is 39.0 Å². The van der Waals surface area contributed by atoms with Crippen LogP contribution >= 0.6 is 0 Å². The Kier molecular flexibility index (Phi) is 9.82. The van der Waals surface area contributed by atoms with Crippen molar-refractivity contribution in [3.05, 3.63) is 242 Å². The Morgan fingerprint density at radius 1 is 0.312 bits per heavy atom. The summed E-state index contributed by atoms with van der Waals surface area (Å²) in [6.45, 7) is 4.69. The normalized spacial score (nSPS) is 12.3. The van der Waals surface area contributed by atoms with Crippen molar-refractivity contribution >= 4 is 17.1 Å². The molecule has 0 unspecified atom stereocenters. The van der Waals surface area contributed by atoms with Crippen molar-refractivity contribution < 1.29 is 0 Å². The first-order valence-corrected chi connectivity index (χ1v) is 21.9. The Labute approximate surface area is 374 Å². The number of nitrogens with zero attached hydrogens (tertiary/aromatic N) is 4. The highest BCUT2D eigenvalue weighted by molar-refractivity contribution is 5.96. The fourth-order valence-electron chi connectivity index (χ4n) is 9.41. The minimum atomic E-state index is -0.0966. The molecule has 0 radical (unpaired) electrons. The summed E-state index contributed by atoms with van der Waals surface area (Å²) in [6, 6.07) is 81.6. The minimum absolute atomic E-state index is 0.0966. The van der Waals surface area contributed by atoms with E-state index in [1.807, 2.05) is 60.7 Å². The van der Waals surface area contributed by atoms with Crippen LogP contribution in [0.4, 0.5) is 17.1 Å². The lowest BCUT2D eigenvalue weighted by molar-refractivity contribution is 0.660. The smallest absolute Gasteiger partial charge is 0.164 e. The van der Waals surface area contributed by atoms with Crippen LogP contribution in [0.3, 0.4) is 0 Å². The number of fused-ring (bicyclic) bond motifs is 3. The lowest BCUT2D eigenvalue weighted by Gasteiger charge is -2.29. The van der Waals surface area contributed by atoms with Gasteiger partial charge in [0.15, 0.2) is 17.5 Å². The summed E-state index contributed by atoms with van der Waals surface area (Å²) in [5.74, 6) is 1.87. The third-order valence-corrected chi connectivity index (χ3v) is 12.6. The molecule has 304 valence electrons. The Morgan fingerprint density at radius 2 is 0.781 bits per heavy atom. The fourth-order valence-corrected chi connectivity index (χ4v) is 9.41. The van der Waals surface area contributed by atoms with Crippen molar-refractivity contribution in [1.29, 1.82) is 0 Å². The topological polar surface area (TPSA) is 41.9 Å². The molecule has 1 heterocycles. The summed E-state index contributed by atoms with van der Waals surface area (Å²) in [7, 11) is 0. The maximum Gasteiger partial charge on any atom is 0.164 e. The van der Waals surface area contributed by atoms with Crippen LogP contribution < -0.4 is 4.90 Å². The second kappa shape index (κ2) is 16.2. The van der Waals surface area contributed by atoms with Gasteiger partial charge in [0.1, 0.15) is 0 Å². The van der Waals surface area contributed by atoms with Crippen LogP contribution in [0.1, 0.15) is 25.0 Å². The van der Waals surface area contributed by atoms with E-state index in [-0.39, 0.29) is 5.41 Å². The van der Waals surface area contributed by atoms with Gasteiger partial charge in [0.25, 0.3) is 0 Å². The predicted molar refractivity (Wildman–Crippen MR) is 265 cm³/mol. The first-order chi connectivity index (χ1) is 31.5. The number of rotatable bonds is 9. The first kappa shape index (κ1) is 38.7. The second-order valence-electron chi connectivity index (χ2n) is 16.8. The molecular formula is C60H44N4. The summed E-state index contributed by atoms with van der Waals surface area (Å²) >= 11 is 0. The Hall–Kier alpha value is -8.21. The zero-order chi connectivity index (χ0) is 43.0.